The molecule has 30 heavy (non-hydrogen) atoms. The van der Waals surface area contributed by atoms with Crippen molar-refractivity contribution < 1.29 is 14.3 Å². The van der Waals surface area contributed by atoms with Gasteiger partial charge in [0, 0.05) is 7.05 Å². The molecule has 2 aliphatic rings. The molecule has 1 aromatic heterocycles. The predicted octanol–water partition coefficient (Wildman–Crippen LogP) is 2.64. The van der Waals surface area contributed by atoms with Gasteiger partial charge in [-0.3, -0.25) is 9.59 Å². The first-order valence-electron chi connectivity index (χ1n) is 10.00. The van der Waals surface area contributed by atoms with Crippen LogP contribution >= 0.6 is 0 Å². The molecule has 1 atom stereocenters. The normalized spacial score (nSPS) is 19.4. The fourth-order valence-electron chi connectivity index (χ4n) is 4.02. The highest BCUT2D eigenvalue weighted by Crippen LogP contribution is 2.52. The minimum absolute atomic E-state index is 0.0703. The van der Waals surface area contributed by atoms with Gasteiger partial charge in [0.05, 0.1) is 17.3 Å². The number of benzene rings is 2. The number of hydrogen-bond acceptors (Lipinski definition) is 4. The summed E-state index contributed by atoms with van der Waals surface area (Å²) in [6.07, 6.45) is 3.52. The second kappa shape index (κ2) is 7.02. The van der Waals surface area contributed by atoms with Crippen molar-refractivity contribution in [2.75, 3.05) is 18.6 Å². The van der Waals surface area contributed by atoms with Crippen LogP contribution in [0, 0.1) is 0 Å². The Morgan fingerprint density at radius 3 is 2.67 bits per heavy atom. The van der Waals surface area contributed by atoms with E-state index in [9.17, 15) is 9.59 Å². The van der Waals surface area contributed by atoms with E-state index in [0.29, 0.717) is 17.1 Å². The molecule has 1 aliphatic heterocycles. The summed E-state index contributed by atoms with van der Waals surface area (Å²) in [5.74, 6) is 0.800. The number of anilines is 1. The third kappa shape index (κ3) is 3.03. The SMILES string of the molecule is CN1C(=O)C(NC(=O)c2cnc(C3(c4ccccc4)CC3)[nH]2)COc2ccccc21. The number of amides is 2. The Labute approximate surface area is 174 Å². The second-order valence-corrected chi connectivity index (χ2v) is 7.80. The quantitative estimate of drug-likeness (QED) is 0.702. The first-order valence-corrected chi connectivity index (χ1v) is 10.00. The Morgan fingerprint density at radius 2 is 1.90 bits per heavy atom. The number of aromatic amines is 1. The molecule has 0 radical (unpaired) electrons. The van der Waals surface area contributed by atoms with Crippen LogP contribution in [0.4, 0.5) is 5.69 Å². The zero-order chi connectivity index (χ0) is 20.7. The van der Waals surface area contributed by atoms with Crippen molar-refractivity contribution >= 4 is 17.5 Å². The van der Waals surface area contributed by atoms with Crippen molar-refractivity contribution in [3.8, 4) is 5.75 Å². The van der Waals surface area contributed by atoms with Gasteiger partial charge in [-0.05, 0) is 30.5 Å². The lowest BCUT2D eigenvalue weighted by Gasteiger charge is -2.20. The fourth-order valence-corrected chi connectivity index (χ4v) is 4.02. The Kier molecular flexibility index (Phi) is 4.31. The van der Waals surface area contributed by atoms with Gasteiger partial charge in [-0.2, -0.15) is 0 Å². The molecule has 3 aromatic rings. The van der Waals surface area contributed by atoms with E-state index in [1.165, 1.54) is 16.7 Å². The maximum absolute atomic E-state index is 12.8. The molecule has 2 heterocycles. The Hall–Kier alpha value is -3.61. The molecule has 7 heteroatoms. The van der Waals surface area contributed by atoms with Gasteiger partial charge in [-0.1, -0.05) is 42.5 Å². The highest BCUT2D eigenvalue weighted by molar-refractivity contribution is 6.02. The number of H-pyrrole nitrogens is 1. The van der Waals surface area contributed by atoms with Crippen LogP contribution in [0.3, 0.4) is 0 Å². The van der Waals surface area contributed by atoms with E-state index in [1.54, 1.807) is 7.05 Å². The number of aromatic nitrogens is 2. The van der Waals surface area contributed by atoms with Crippen molar-refractivity contribution in [3.63, 3.8) is 0 Å². The summed E-state index contributed by atoms with van der Waals surface area (Å²) in [6, 6.07) is 16.7. The predicted molar refractivity (Wildman–Crippen MR) is 112 cm³/mol. The number of carbonyl (C=O) groups is 2. The molecular formula is C23H22N4O3. The maximum atomic E-state index is 12.8. The number of ether oxygens (including phenoxy) is 1. The molecule has 2 N–H and O–H groups in total. The zero-order valence-electron chi connectivity index (χ0n) is 16.6. The number of fused-ring (bicyclic) bond motifs is 1. The van der Waals surface area contributed by atoms with Gasteiger partial charge in [0.15, 0.2) is 0 Å². The summed E-state index contributed by atoms with van der Waals surface area (Å²) in [4.78, 5) is 34.8. The summed E-state index contributed by atoms with van der Waals surface area (Å²) in [6.45, 7) is 0.0703. The zero-order valence-corrected chi connectivity index (χ0v) is 16.6. The van der Waals surface area contributed by atoms with Crippen molar-refractivity contribution in [2.24, 2.45) is 0 Å². The molecule has 1 unspecified atom stereocenters. The van der Waals surface area contributed by atoms with Gasteiger partial charge >= 0.3 is 0 Å². The van der Waals surface area contributed by atoms with Gasteiger partial charge in [0.1, 0.15) is 29.9 Å². The summed E-state index contributed by atoms with van der Waals surface area (Å²) in [5, 5.41) is 2.79. The molecule has 2 aromatic carbocycles. The fraction of sp³-hybridized carbons (Fsp3) is 0.261. The van der Waals surface area contributed by atoms with E-state index >= 15 is 0 Å². The van der Waals surface area contributed by atoms with Crippen molar-refractivity contribution in [1.29, 1.82) is 0 Å². The number of likely N-dealkylation sites (N-methyl/N-ethyl adjacent to an activating group) is 1. The van der Waals surface area contributed by atoms with Gasteiger partial charge in [-0.15, -0.1) is 0 Å². The highest BCUT2D eigenvalue weighted by atomic mass is 16.5. The number of para-hydroxylation sites is 2. The molecule has 1 aliphatic carbocycles. The van der Waals surface area contributed by atoms with Crippen LogP contribution in [0.25, 0.3) is 0 Å². The molecular weight excluding hydrogens is 380 g/mol. The molecule has 0 saturated heterocycles. The van der Waals surface area contributed by atoms with E-state index < -0.39 is 6.04 Å². The van der Waals surface area contributed by atoms with Crippen LogP contribution in [-0.2, 0) is 10.2 Å². The van der Waals surface area contributed by atoms with Crippen LogP contribution in [0.2, 0.25) is 0 Å². The lowest BCUT2D eigenvalue weighted by atomic mass is 9.95. The van der Waals surface area contributed by atoms with E-state index in [-0.39, 0.29) is 23.8 Å². The Morgan fingerprint density at radius 1 is 1.17 bits per heavy atom. The number of nitrogens with zero attached hydrogens (tertiary/aromatic N) is 2. The largest absolute Gasteiger partial charge is 0.489 e. The molecule has 1 fully saturated rings. The van der Waals surface area contributed by atoms with Gasteiger partial charge in [0.25, 0.3) is 11.8 Å². The minimum atomic E-state index is -0.786. The molecule has 5 rings (SSSR count). The molecule has 0 spiro atoms. The number of carbonyl (C=O) groups excluding carboxylic acids is 2. The number of nitrogens with one attached hydrogen (secondary N) is 2. The summed E-state index contributed by atoms with van der Waals surface area (Å²) < 4.78 is 5.76. The number of hydrogen-bond donors (Lipinski definition) is 2. The van der Waals surface area contributed by atoms with Crippen LogP contribution in [0.5, 0.6) is 5.75 Å². The first kappa shape index (κ1) is 18.4. The van der Waals surface area contributed by atoms with E-state index in [4.69, 9.17) is 4.74 Å². The first-order chi connectivity index (χ1) is 14.6. The maximum Gasteiger partial charge on any atom is 0.270 e. The van der Waals surface area contributed by atoms with Crippen molar-refractivity contribution in [2.45, 2.75) is 24.3 Å². The average Bonchev–Trinajstić information content (AvgIpc) is 3.47. The Balaban J connectivity index is 1.33. The highest BCUT2D eigenvalue weighted by Gasteiger charge is 2.48. The van der Waals surface area contributed by atoms with Crippen LogP contribution in [0.15, 0.2) is 60.8 Å². The Bertz CT molecular complexity index is 1100. The van der Waals surface area contributed by atoms with E-state index in [2.05, 4.69) is 27.4 Å². The average molecular weight is 402 g/mol. The standard InChI is InChI=1S/C23H22N4O3/c1-27-18-9-5-6-10-19(18)30-14-17(21(27)29)25-20(28)16-13-24-22(26-16)23(11-12-23)15-7-3-2-4-8-15/h2-10,13,17H,11-12,14H2,1H3,(H,24,26)(H,25,28). The lowest BCUT2D eigenvalue weighted by Crippen LogP contribution is -2.49. The number of rotatable bonds is 4. The topological polar surface area (TPSA) is 87.3 Å². The second-order valence-electron chi connectivity index (χ2n) is 7.80. The number of imidazole rings is 1. The molecule has 152 valence electrons. The minimum Gasteiger partial charge on any atom is -0.489 e. The molecule has 2 amide bonds. The van der Waals surface area contributed by atoms with Crippen LogP contribution in [-0.4, -0.2) is 41.5 Å². The lowest BCUT2D eigenvalue weighted by molar-refractivity contribution is -0.120. The molecule has 0 bridgehead atoms. The van der Waals surface area contributed by atoms with Crippen LogP contribution in [0.1, 0.15) is 34.7 Å². The van der Waals surface area contributed by atoms with Gasteiger partial charge in [-0.25, -0.2) is 4.98 Å². The summed E-state index contributed by atoms with van der Waals surface area (Å²) in [7, 11) is 1.68. The third-order valence-corrected chi connectivity index (χ3v) is 5.92. The smallest absolute Gasteiger partial charge is 0.270 e. The summed E-state index contributed by atoms with van der Waals surface area (Å²) >= 11 is 0. The van der Waals surface area contributed by atoms with Crippen molar-refractivity contribution in [1.82, 2.24) is 15.3 Å². The van der Waals surface area contributed by atoms with Gasteiger partial charge in [0.2, 0.25) is 0 Å². The molecule has 7 nitrogen and oxygen atoms in total. The van der Waals surface area contributed by atoms with E-state index in [1.807, 2.05) is 42.5 Å². The van der Waals surface area contributed by atoms with Crippen molar-refractivity contribution in [3.05, 3.63) is 77.9 Å². The summed E-state index contributed by atoms with van der Waals surface area (Å²) in [5.41, 5.74) is 2.06. The third-order valence-electron chi connectivity index (χ3n) is 5.92. The van der Waals surface area contributed by atoms with E-state index in [0.717, 1.165) is 18.7 Å². The monoisotopic (exact) mass is 402 g/mol. The molecule has 1 saturated carbocycles. The van der Waals surface area contributed by atoms with Crippen LogP contribution < -0.4 is 15.0 Å². The van der Waals surface area contributed by atoms with Gasteiger partial charge < -0.3 is 19.9 Å².